The Balaban J connectivity index is 2.16. The molecule has 3 N–H and O–H groups in total. The quantitative estimate of drug-likeness (QED) is 0.643. The average molecular weight is 302 g/mol. The summed E-state index contributed by atoms with van der Waals surface area (Å²) in [5.74, 6) is 0.645. The normalized spacial score (nSPS) is 19.9. The molecule has 2 heterocycles. The molecule has 1 atom stereocenters. The van der Waals surface area contributed by atoms with Gasteiger partial charge in [-0.15, -0.1) is 0 Å². The van der Waals surface area contributed by atoms with Crippen LogP contribution in [0.4, 0.5) is 0 Å². The van der Waals surface area contributed by atoms with Gasteiger partial charge in [-0.2, -0.15) is 4.31 Å². The Morgan fingerprint density at radius 2 is 2.35 bits per heavy atom. The van der Waals surface area contributed by atoms with Crippen LogP contribution in [-0.4, -0.2) is 60.1 Å². The second-order valence-corrected chi connectivity index (χ2v) is 6.83. The van der Waals surface area contributed by atoms with Crippen molar-refractivity contribution >= 4 is 10.0 Å². The van der Waals surface area contributed by atoms with Crippen molar-refractivity contribution in [1.82, 2.24) is 19.6 Å². The molecular weight excluding hydrogens is 280 g/mol. The first-order valence-corrected chi connectivity index (χ1v) is 8.40. The van der Waals surface area contributed by atoms with Crippen LogP contribution in [0.5, 0.6) is 0 Å². The van der Waals surface area contributed by atoms with Crippen LogP contribution < -0.4 is 5.32 Å². The van der Waals surface area contributed by atoms with E-state index in [1.54, 1.807) is 0 Å². The number of aliphatic hydroxyl groups excluding tert-OH is 1. The highest BCUT2D eigenvalue weighted by Gasteiger charge is 2.29. The van der Waals surface area contributed by atoms with Crippen LogP contribution in [0.15, 0.2) is 11.2 Å². The van der Waals surface area contributed by atoms with Gasteiger partial charge in [0.1, 0.15) is 5.82 Å². The summed E-state index contributed by atoms with van der Waals surface area (Å²) in [6.45, 7) is 3.11. The smallest absolute Gasteiger partial charge is 0.260 e. The van der Waals surface area contributed by atoms with Gasteiger partial charge in [0.2, 0.25) is 0 Å². The second-order valence-electron chi connectivity index (χ2n) is 4.93. The van der Waals surface area contributed by atoms with Gasteiger partial charge in [-0.3, -0.25) is 0 Å². The summed E-state index contributed by atoms with van der Waals surface area (Å²) in [7, 11) is -3.62. The highest BCUT2D eigenvalue weighted by atomic mass is 32.2. The molecule has 2 rings (SSSR count). The van der Waals surface area contributed by atoms with E-state index < -0.39 is 10.0 Å². The maximum atomic E-state index is 12.6. The lowest BCUT2D eigenvalue weighted by atomic mass is 10.2. The summed E-state index contributed by atoms with van der Waals surface area (Å²) in [4.78, 5) is 6.86. The Hall–Kier alpha value is -0.960. The molecule has 0 bridgehead atoms. The van der Waals surface area contributed by atoms with Gasteiger partial charge in [-0.05, 0) is 19.4 Å². The van der Waals surface area contributed by atoms with E-state index in [1.807, 2.05) is 6.92 Å². The van der Waals surface area contributed by atoms with Gasteiger partial charge in [0.05, 0.1) is 12.8 Å². The lowest BCUT2D eigenvalue weighted by Gasteiger charge is -2.23. The zero-order valence-electron chi connectivity index (χ0n) is 11.7. The summed E-state index contributed by atoms with van der Waals surface area (Å²) in [5.41, 5.74) is 0. The van der Waals surface area contributed by atoms with Crippen LogP contribution in [0, 0.1) is 0 Å². The van der Waals surface area contributed by atoms with Crippen molar-refractivity contribution in [3.05, 3.63) is 12.0 Å². The summed E-state index contributed by atoms with van der Waals surface area (Å²) < 4.78 is 26.4. The summed E-state index contributed by atoms with van der Waals surface area (Å²) in [6.07, 6.45) is 4.02. The number of aryl methyl sites for hydroxylation is 1. The molecule has 0 aliphatic carbocycles. The summed E-state index contributed by atoms with van der Waals surface area (Å²) in [6, 6.07) is 0.157. The Labute approximate surface area is 119 Å². The monoisotopic (exact) mass is 302 g/mol. The molecule has 1 aromatic heterocycles. The lowest BCUT2D eigenvalue weighted by molar-refractivity contribution is 0.246. The molecule has 1 aromatic rings. The zero-order chi connectivity index (χ0) is 14.6. The highest BCUT2D eigenvalue weighted by Crippen LogP contribution is 2.16. The number of hydrogen-bond acceptors (Lipinski definition) is 5. The van der Waals surface area contributed by atoms with Gasteiger partial charge in [-0.1, -0.05) is 6.92 Å². The predicted molar refractivity (Wildman–Crippen MR) is 74.8 cm³/mol. The van der Waals surface area contributed by atoms with Gasteiger partial charge in [0.25, 0.3) is 10.0 Å². The van der Waals surface area contributed by atoms with Gasteiger partial charge >= 0.3 is 0 Å². The first kappa shape index (κ1) is 15.4. The van der Waals surface area contributed by atoms with E-state index in [0.29, 0.717) is 18.8 Å². The SMILES string of the molecule is CCc1ncc(S(=O)(=O)N(CCO)CC2CCCN2)[nH]1. The van der Waals surface area contributed by atoms with E-state index in [0.717, 1.165) is 19.4 Å². The average Bonchev–Trinajstić information content (AvgIpc) is 3.09. The minimum Gasteiger partial charge on any atom is -0.395 e. The number of imidazole rings is 1. The van der Waals surface area contributed by atoms with Crippen LogP contribution in [0.3, 0.4) is 0 Å². The molecule has 0 aromatic carbocycles. The summed E-state index contributed by atoms with van der Waals surface area (Å²) >= 11 is 0. The first-order valence-electron chi connectivity index (χ1n) is 6.96. The minimum absolute atomic E-state index is 0.0980. The summed E-state index contributed by atoms with van der Waals surface area (Å²) in [5, 5.41) is 12.5. The van der Waals surface area contributed by atoms with Crippen LogP contribution in [0.25, 0.3) is 0 Å². The third-order valence-corrected chi connectivity index (χ3v) is 5.27. The second kappa shape index (κ2) is 6.66. The molecule has 7 nitrogen and oxygen atoms in total. The molecule has 8 heteroatoms. The van der Waals surface area contributed by atoms with E-state index in [9.17, 15) is 8.42 Å². The number of aromatic amines is 1. The molecule has 1 aliphatic heterocycles. The maximum absolute atomic E-state index is 12.6. The molecule has 1 unspecified atom stereocenters. The number of nitrogens with zero attached hydrogens (tertiary/aromatic N) is 2. The topological polar surface area (TPSA) is 98.3 Å². The Morgan fingerprint density at radius 3 is 2.90 bits per heavy atom. The van der Waals surface area contributed by atoms with E-state index in [-0.39, 0.29) is 24.2 Å². The number of sulfonamides is 1. The van der Waals surface area contributed by atoms with Crippen molar-refractivity contribution in [3.8, 4) is 0 Å². The Kier molecular flexibility index (Phi) is 5.14. The zero-order valence-corrected chi connectivity index (χ0v) is 12.5. The van der Waals surface area contributed by atoms with Crippen LogP contribution in [-0.2, 0) is 16.4 Å². The fourth-order valence-corrected chi connectivity index (χ4v) is 3.78. The Morgan fingerprint density at radius 1 is 1.55 bits per heavy atom. The van der Waals surface area contributed by atoms with Gasteiger partial charge in [0.15, 0.2) is 5.03 Å². The molecule has 0 amide bonds. The Bertz CT molecular complexity index is 523. The molecule has 0 radical (unpaired) electrons. The van der Waals surface area contributed by atoms with Crippen molar-refractivity contribution in [2.24, 2.45) is 0 Å². The molecule has 20 heavy (non-hydrogen) atoms. The third kappa shape index (κ3) is 3.38. The molecule has 114 valence electrons. The van der Waals surface area contributed by atoms with Gasteiger partial charge < -0.3 is 15.4 Å². The number of rotatable bonds is 7. The van der Waals surface area contributed by atoms with Crippen molar-refractivity contribution in [1.29, 1.82) is 0 Å². The van der Waals surface area contributed by atoms with Crippen molar-refractivity contribution in [2.75, 3.05) is 26.2 Å². The van der Waals surface area contributed by atoms with Crippen molar-refractivity contribution in [3.63, 3.8) is 0 Å². The molecule has 1 fully saturated rings. The standard InChI is InChI=1S/C12H22N4O3S/c1-2-11-14-8-12(15-11)20(18,19)16(6-7-17)9-10-4-3-5-13-10/h8,10,13,17H,2-7,9H2,1H3,(H,14,15). The number of aliphatic hydroxyl groups is 1. The van der Waals surface area contributed by atoms with Crippen molar-refractivity contribution < 1.29 is 13.5 Å². The lowest BCUT2D eigenvalue weighted by Crippen LogP contribution is -2.42. The highest BCUT2D eigenvalue weighted by molar-refractivity contribution is 7.89. The van der Waals surface area contributed by atoms with E-state index in [4.69, 9.17) is 5.11 Å². The number of nitrogens with one attached hydrogen (secondary N) is 2. The van der Waals surface area contributed by atoms with Crippen molar-refractivity contribution in [2.45, 2.75) is 37.3 Å². The van der Waals surface area contributed by atoms with E-state index >= 15 is 0 Å². The molecule has 1 aliphatic rings. The molecule has 1 saturated heterocycles. The first-order chi connectivity index (χ1) is 9.57. The maximum Gasteiger partial charge on any atom is 0.260 e. The largest absolute Gasteiger partial charge is 0.395 e. The molecular formula is C12H22N4O3S. The third-order valence-electron chi connectivity index (χ3n) is 3.49. The number of aromatic nitrogens is 2. The van der Waals surface area contributed by atoms with Crippen LogP contribution >= 0.6 is 0 Å². The minimum atomic E-state index is -3.62. The van der Waals surface area contributed by atoms with Crippen LogP contribution in [0.1, 0.15) is 25.6 Å². The molecule has 0 saturated carbocycles. The van der Waals surface area contributed by atoms with Gasteiger partial charge in [0, 0.05) is 25.6 Å². The predicted octanol–water partition coefficient (Wildman–Crippen LogP) is -0.293. The van der Waals surface area contributed by atoms with Crippen LogP contribution in [0.2, 0.25) is 0 Å². The fraction of sp³-hybridized carbons (Fsp3) is 0.750. The van der Waals surface area contributed by atoms with Gasteiger partial charge in [-0.25, -0.2) is 13.4 Å². The van der Waals surface area contributed by atoms with E-state index in [1.165, 1.54) is 10.5 Å². The molecule has 0 spiro atoms. The van der Waals surface area contributed by atoms with E-state index in [2.05, 4.69) is 15.3 Å². The fourth-order valence-electron chi connectivity index (χ4n) is 2.37. The number of hydrogen-bond donors (Lipinski definition) is 3. The number of H-pyrrole nitrogens is 1.